The van der Waals surface area contributed by atoms with E-state index in [1.54, 1.807) is 6.92 Å². The average Bonchev–Trinajstić information content (AvgIpc) is 2.77. The third-order valence-corrected chi connectivity index (χ3v) is 5.37. The van der Waals surface area contributed by atoms with Crippen LogP contribution in [0.25, 0.3) is 0 Å². The zero-order chi connectivity index (χ0) is 14.2. The maximum atomic E-state index is 12.4. The summed E-state index contributed by atoms with van der Waals surface area (Å²) in [5.74, 6) is -1.14. The molecule has 0 radical (unpaired) electrons. The van der Waals surface area contributed by atoms with E-state index in [0.29, 0.717) is 18.5 Å². The Morgan fingerprint density at radius 1 is 1.53 bits per heavy atom. The van der Waals surface area contributed by atoms with Crippen molar-refractivity contribution >= 4 is 27.6 Å². The van der Waals surface area contributed by atoms with Crippen molar-refractivity contribution in [2.45, 2.75) is 30.7 Å². The number of nitrogens with zero attached hydrogens (tertiary/aromatic N) is 2. The highest BCUT2D eigenvalue weighted by Crippen LogP contribution is 2.29. The van der Waals surface area contributed by atoms with E-state index in [2.05, 4.69) is 4.98 Å². The first-order chi connectivity index (χ1) is 8.84. The second-order valence-electron chi connectivity index (χ2n) is 4.35. The smallest absolute Gasteiger partial charge is 0.322 e. The number of carbonyl (C=O) groups is 1. The molecule has 0 aliphatic carbocycles. The number of sulfonamides is 1. The van der Waals surface area contributed by atoms with Crippen LogP contribution >= 0.6 is 11.6 Å². The Morgan fingerprint density at radius 3 is 2.79 bits per heavy atom. The third kappa shape index (κ3) is 2.58. The van der Waals surface area contributed by atoms with Crippen LogP contribution in [0.5, 0.6) is 0 Å². The number of aryl methyl sites for hydroxylation is 1. The van der Waals surface area contributed by atoms with Gasteiger partial charge in [-0.2, -0.15) is 4.31 Å². The molecule has 1 aliphatic rings. The first-order valence-corrected chi connectivity index (χ1v) is 7.53. The third-order valence-electron chi connectivity index (χ3n) is 3.03. The van der Waals surface area contributed by atoms with Gasteiger partial charge in [-0.25, -0.2) is 13.4 Å². The summed E-state index contributed by atoms with van der Waals surface area (Å²) in [6.07, 6.45) is 0.832. The normalized spacial score (nSPS) is 20.6. The monoisotopic (exact) mass is 304 g/mol. The molecule has 1 aliphatic heterocycles. The number of pyridine rings is 1. The lowest BCUT2D eigenvalue weighted by atomic mass is 10.2. The molecule has 1 aromatic rings. The molecule has 0 unspecified atom stereocenters. The van der Waals surface area contributed by atoms with E-state index >= 15 is 0 Å². The molecule has 0 amide bonds. The van der Waals surface area contributed by atoms with Gasteiger partial charge >= 0.3 is 5.97 Å². The van der Waals surface area contributed by atoms with E-state index in [0.717, 1.165) is 4.31 Å². The van der Waals surface area contributed by atoms with Gasteiger partial charge in [0.25, 0.3) is 0 Å². The largest absolute Gasteiger partial charge is 0.480 e. The Labute approximate surface area is 116 Å². The second kappa shape index (κ2) is 5.07. The molecule has 1 fully saturated rings. The van der Waals surface area contributed by atoms with Gasteiger partial charge in [0.1, 0.15) is 16.1 Å². The quantitative estimate of drug-likeness (QED) is 0.850. The average molecular weight is 305 g/mol. The van der Waals surface area contributed by atoms with Crippen LogP contribution < -0.4 is 0 Å². The van der Waals surface area contributed by atoms with Crippen LogP contribution in [0.4, 0.5) is 0 Å². The fraction of sp³-hybridized carbons (Fsp3) is 0.455. The molecule has 1 N–H and O–H groups in total. The summed E-state index contributed by atoms with van der Waals surface area (Å²) in [6, 6.07) is 1.87. The Balaban J connectivity index is 2.45. The van der Waals surface area contributed by atoms with Gasteiger partial charge in [-0.05, 0) is 31.9 Å². The van der Waals surface area contributed by atoms with Crippen LogP contribution in [-0.2, 0) is 14.8 Å². The topological polar surface area (TPSA) is 87.6 Å². The molecule has 1 aromatic heterocycles. The van der Waals surface area contributed by atoms with Gasteiger partial charge in [-0.3, -0.25) is 4.79 Å². The zero-order valence-corrected chi connectivity index (χ0v) is 11.8. The molecule has 0 saturated carbocycles. The molecule has 0 aromatic carbocycles. The van der Waals surface area contributed by atoms with E-state index in [1.807, 2.05) is 0 Å². The van der Waals surface area contributed by atoms with Crippen molar-refractivity contribution in [3.63, 3.8) is 0 Å². The zero-order valence-electron chi connectivity index (χ0n) is 10.2. The molecule has 2 rings (SSSR count). The molecule has 0 spiro atoms. The lowest BCUT2D eigenvalue weighted by Gasteiger charge is -2.21. The second-order valence-corrected chi connectivity index (χ2v) is 6.57. The summed E-state index contributed by atoms with van der Waals surface area (Å²) in [5.41, 5.74) is 0.597. The number of halogens is 1. The van der Waals surface area contributed by atoms with Crippen LogP contribution in [0.3, 0.4) is 0 Å². The van der Waals surface area contributed by atoms with Gasteiger partial charge in [-0.15, -0.1) is 0 Å². The molecular formula is C11H13ClN2O4S. The van der Waals surface area contributed by atoms with Crippen LogP contribution in [0.2, 0.25) is 5.15 Å². The van der Waals surface area contributed by atoms with Gasteiger partial charge in [0.15, 0.2) is 0 Å². The Morgan fingerprint density at radius 2 is 2.21 bits per heavy atom. The minimum Gasteiger partial charge on any atom is -0.480 e. The van der Waals surface area contributed by atoms with Crippen molar-refractivity contribution in [1.82, 2.24) is 9.29 Å². The maximum Gasteiger partial charge on any atom is 0.322 e. The standard InChI is InChI=1S/C11H13ClN2O4S/c1-7-4-5-9(10(12)13-7)19(17,18)14-6-2-3-8(14)11(15)16/h4-5,8H,2-3,6H2,1H3,(H,15,16)/t8-/m0/s1. The fourth-order valence-electron chi connectivity index (χ4n) is 2.11. The van der Waals surface area contributed by atoms with Crippen molar-refractivity contribution in [2.24, 2.45) is 0 Å². The van der Waals surface area contributed by atoms with E-state index in [1.165, 1.54) is 12.1 Å². The Hall–Kier alpha value is -1.18. The highest BCUT2D eigenvalue weighted by Gasteiger charge is 2.40. The van der Waals surface area contributed by atoms with Crippen molar-refractivity contribution < 1.29 is 18.3 Å². The van der Waals surface area contributed by atoms with Crippen LogP contribution in [0.15, 0.2) is 17.0 Å². The first kappa shape index (κ1) is 14.2. The van der Waals surface area contributed by atoms with Gasteiger partial charge < -0.3 is 5.11 Å². The minimum atomic E-state index is -3.92. The van der Waals surface area contributed by atoms with Crippen LogP contribution in [-0.4, -0.2) is 41.4 Å². The summed E-state index contributed by atoms with van der Waals surface area (Å²) in [5, 5.41) is 8.92. The molecule has 6 nitrogen and oxygen atoms in total. The molecule has 19 heavy (non-hydrogen) atoms. The lowest BCUT2D eigenvalue weighted by molar-refractivity contribution is -0.140. The lowest BCUT2D eigenvalue weighted by Crippen LogP contribution is -2.40. The van der Waals surface area contributed by atoms with Crippen molar-refractivity contribution in [1.29, 1.82) is 0 Å². The molecule has 1 saturated heterocycles. The summed E-state index contributed by atoms with van der Waals surface area (Å²) >= 11 is 5.86. The molecule has 8 heteroatoms. The van der Waals surface area contributed by atoms with E-state index in [9.17, 15) is 13.2 Å². The van der Waals surface area contributed by atoms with Crippen molar-refractivity contribution in [2.75, 3.05) is 6.54 Å². The fourth-order valence-corrected chi connectivity index (χ4v) is 4.25. The van der Waals surface area contributed by atoms with Crippen LogP contribution in [0, 0.1) is 6.92 Å². The van der Waals surface area contributed by atoms with Crippen molar-refractivity contribution in [3.8, 4) is 0 Å². The summed E-state index contributed by atoms with van der Waals surface area (Å²) < 4.78 is 25.8. The van der Waals surface area contributed by atoms with Gasteiger partial charge in [-0.1, -0.05) is 11.6 Å². The number of hydrogen-bond acceptors (Lipinski definition) is 4. The van der Waals surface area contributed by atoms with Gasteiger partial charge in [0.2, 0.25) is 10.0 Å². The SMILES string of the molecule is Cc1ccc(S(=O)(=O)N2CCC[C@H]2C(=O)O)c(Cl)n1. The Bertz CT molecular complexity index is 617. The predicted octanol–water partition coefficient (Wildman–Crippen LogP) is 1.28. The highest BCUT2D eigenvalue weighted by molar-refractivity contribution is 7.89. The van der Waals surface area contributed by atoms with E-state index in [4.69, 9.17) is 16.7 Å². The van der Waals surface area contributed by atoms with Gasteiger partial charge in [0.05, 0.1) is 0 Å². The number of carboxylic acid groups (broad SMARTS) is 1. The van der Waals surface area contributed by atoms with Crippen molar-refractivity contribution in [3.05, 3.63) is 23.0 Å². The predicted molar refractivity (Wildman–Crippen MR) is 68.5 cm³/mol. The minimum absolute atomic E-state index is 0.129. The number of rotatable bonds is 3. The first-order valence-electron chi connectivity index (χ1n) is 5.72. The molecule has 104 valence electrons. The highest BCUT2D eigenvalue weighted by atomic mass is 35.5. The molecule has 2 heterocycles. The van der Waals surface area contributed by atoms with E-state index in [-0.39, 0.29) is 16.6 Å². The van der Waals surface area contributed by atoms with E-state index < -0.39 is 22.0 Å². The Kier molecular flexibility index (Phi) is 3.80. The maximum absolute atomic E-state index is 12.4. The summed E-state index contributed by atoms with van der Waals surface area (Å²) in [4.78, 5) is 14.8. The van der Waals surface area contributed by atoms with Crippen LogP contribution in [0.1, 0.15) is 18.5 Å². The number of carboxylic acids is 1. The molecule has 0 bridgehead atoms. The number of aromatic nitrogens is 1. The molecular weight excluding hydrogens is 292 g/mol. The summed E-state index contributed by atoms with van der Waals surface area (Å²) in [7, 11) is -3.92. The van der Waals surface area contributed by atoms with Gasteiger partial charge in [0, 0.05) is 12.2 Å². The molecule has 1 atom stereocenters. The number of aliphatic carboxylic acids is 1. The number of hydrogen-bond donors (Lipinski definition) is 1. The summed E-state index contributed by atoms with van der Waals surface area (Å²) in [6.45, 7) is 1.88.